The molecule has 0 aromatic heterocycles. The molecule has 2 rings (SSSR count). The second-order valence-corrected chi connectivity index (χ2v) is 5.80. The Kier molecular flexibility index (Phi) is 5.38. The number of nitrogens with two attached hydrogens (primary N) is 1. The second-order valence-electron chi connectivity index (χ2n) is 5.80. The van der Waals surface area contributed by atoms with Gasteiger partial charge in [-0.2, -0.15) is 0 Å². The minimum Gasteiger partial charge on any atom is -0.484 e. The molecule has 0 radical (unpaired) electrons. The summed E-state index contributed by atoms with van der Waals surface area (Å²) in [5.41, 5.74) is 5.47. The van der Waals surface area contributed by atoms with E-state index in [4.69, 9.17) is 10.5 Å². The van der Waals surface area contributed by atoms with Gasteiger partial charge in [0, 0.05) is 6.54 Å². The van der Waals surface area contributed by atoms with E-state index in [2.05, 4.69) is 10.6 Å². The Morgan fingerprint density at radius 2 is 2.23 bits per heavy atom. The molecule has 4 N–H and O–H groups in total. The van der Waals surface area contributed by atoms with Gasteiger partial charge in [0.05, 0.1) is 5.54 Å². The van der Waals surface area contributed by atoms with Crippen LogP contribution in [0.4, 0.5) is 0 Å². The first kappa shape index (κ1) is 16.3. The molecule has 1 heterocycles. The average molecular weight is 305 g/mol. The van der Waals surface area contributed by atoms with Gasteiger partial charge in [-0.05, 0) is 50.4 Å². The third kappa shape index (κ3) is 4.46. The van der Waals surface area contributed by atoms with Crippen LogP contribution < -0.4 is 21.1 Å². The maximum Gasteiger partial charge on any atom is 0.255 e. The van der Waals surface area contributed by atoms with Crippen LogP contribution in [-0.4, -0.2) is 30.5 Å². The third-order valence-corrected chi connectivity index (χ3v) is 3.85. The Morgan fingerprint density at radius 1 is 1.41 bits per heavy atom. The van der Waals surface area contributed by atoms with Gasteiger partial charge < -0.3 is 21.1 Å². The SMILES string of the molecule is CC1(C(=O)NCc2cccc(OCC(N)=O)c2)CCCCN1. The molecular weight excluding hydrogens is 282 g/mol. The Hall–Kier alpha value is -2.08. The fourth-order valence-electron chi connectivity index (χ4n) is 2.53. The summed E-state index contributed by atoms with van der Waals surface area (Å²) in [6.45, 7) is 3.08. The number of nitrogens with one attached hydrogen (secondary N) is 2. The molecule has 1 fully saturated rings. The maximum absolute atomic E-state index is 12.3. The summed E-state index contributed by atoms with van der Waals surface area (Å²) < 4.78 is 5.25. The average Bonchev–Trinajstić information content (AvgIpc) is 2.51. The lowest BCUT2D eigenvalue weighted by molar-refractivity contribution is -0.128. The normalized spacial score (nSPS) is 21.1. The number of amides is 2. The molecule has 1 aliphatic heterocycles. The third-order valence-electron chi connectivity index (χ3n) is 3.85. The summed E-state index contributed by atoms with van der Waals surface area (Å²) in [6, 6.07) is 7.25. The van der Waals surface area contributed by atoms with Gasteiger partial charge in [0.1, 0.15) is 5.75 Å². The van der Waals surface area contributed by atoms with Gasteiger partial charge in [0.15, 0.2) is 6.61 Å². The molecule has 6 nitrogen and oxygen atoms in total. The first-order valence-corrected chi connectivity index (χ1v) is 7.53. The van der Waals surface area contributed by atoms with E-state index in [1.54, 1.807) is 12.1 Å². The molecular formula is C16H23N3O3. The number of ether oxygens (including phenoxy) is 1. The van der Waals surface area contributed by atoms with Crippen molar-refractivity contribution in [3.8, 4) is 5.75 Å². The predicted molar refractivity (Wildman–Crippen MR) is 83.2 cm³/mol. The Labute approximate surface area is 130 Å². The number of rotatable bonds is 6. The van der Waals surface area contributed by atoms with E-state index in [0.717, 1.165) is 31.4 Å². The van der Waals surface area contributed by atoms with Crippen molar-refractivity contribution in [2.24, 2.45) is 5.73 Å². The van der Waals surface area contributed by atoms with Crippen LogP contribution in [0.3, 0.4) is 0 Å². The monoisotopic (exact) mass is 305 g/mol. The van der Waals surface area contributed by atoms with Crippen LogP contribution in [0.5, 0.6) is 5.75 Å². The highest BCUT2D eigenvalue weighted by atomic mass is 16.5. The molecule has 1 aliphatic rings. The topological polar surface area (TPSA) is 93.4 Å². The minimum atomic E-state index is -0.519. The fraction of sp³-hybridized carbons (Fsp3) is 0.500. The van der Waals surface area contributed by atoms with Crippen LogP contribution in [0, 0.1) is 0 Å². The van der Waals surface area contributed by atoms with Crippen molar-refractivity contribution >= 4 is 11.8 Å². The first-order valence-electron chi connectivity index (χ1n) is 7.53. The highest BCUT2D eigenvalue weighted by molar-refractivity contribution is 5.85. The molecule has 1 atom stereocenters. The number of benzene rings is 1. The van der Waals surface area contributed by atoms with Crippen molar-refractivity contribution in [2.45, 2.75) is 38.3 Å². The molecule has 6 heteroatoms. The molecule has 1 unspecified atom stereocenters. The van der Waals surface area contributed by atoms with Crippen LogP contribution in [0.1, 0.15) is 31.7 Å². The van der Waals surface area contributed by atoms with Crippen molar-refractivity contribution < 1.29 is 14.3 Å². The summed E-state index contributed by atoms with van der Waals surface area (Å²) in [5.74, 6) is 0.0539. The van der Waals surface area contributed by atoms with Crippen molar-refractivity contribution in [1.29, 1.82) is 0 Å². The molecule has 0 spiro atoms. The van der Waals surface area contributed by atoms with Crippen molar-refractivity contribution in [1.82, 2.24) is 10.6 Å². The highest BCUT2D eigenvalue weighted by Crippen LogP contribution is 2.19. The molecule has 1 saturated heterocycles. The molecule has 0 saturated carbocycles. The minimum absolute atomic E-state index is 0.00987. The van der Waals surface area contributed by atoms with Gasteiger partial charge in [-0.3, -0.25) is 9.59 Å². The van der Waals surface area contributed by atoms with Gasteiger partial charge >= 0.3 is 0 Å². The lowest BCUT2D eigenvalue weighted by atomic mass is 9.90. The van der Waals surface area contributed by atoms with Crippen LogP contribution in [0.25, 0.3) is 0 Å². The lowest BCUT2D eigenvalue weighted by Crippen LogP contribution is -2.56. The van der Waals surface area contributed by atoms with E-state index in [0.29, 0.717) is 12.3 Å². The van der Waals surface area contributed by atoms with E-state index in [1.165, 1.54) is 0 Å². The number of hydrogen-bond donors (Lipinski definition) is 3. The van der Waals surface area contributed by atoms with E-state index >= 15 is 0 Å². The van der Waals surface area contributed by atoms with Crippen LogP contribution in [0.2, 0.25) is 0 Å². The van der Waals surface area contributed by atoms with E-state index in [-0.39, 0.29) is 12.5 Å². The number of piperidine rings is 1. The Morgan fingerprint density at radius 3 is 2.91 bits per heavy atom. The van der Waals surface area contributed by atoms with Gasteiger partial charge in [0.25, 0.3) is 5.91 Å². The number of carbonyl (C=O) groups excluding carboxylic acids is 2. The van der Waals surface area contributed by atoms with Gasteiger partial charge in [-0.1, -0.05) is 12.1 Å². The Bertz CT molecular complexity index is 539. The maximum atomic E-state index is 12.3. The molecule has 0 bridgehead atoms. The standard InChI is InChI=1S/C16H23N3O3/c1-16(7-2-3-8-19-16)15(21)18-10-12-5-4-6-13(9-12)22-11-14(17)20/h4-6,9,19H,2-3,7-8,10-11H2,1H3,(H2,17,20)(H,18,21). The first-order chi connectivity index (χ1) is 10.5. The molecule has 0 aliphatic carbocycles. The summed E-state index contributed by atoms with van der Waals surface area (Å²) in [7, 11) is 0. The molecule has 1 aromatic carbocycles. The molecule has 2 amide bonds. The summed E-state index contributed by atoms with van der Waals surface area (Å²) in [6.07, 6.45) is 3.02. The lowest BCUT2D eigenvalue weighted by Gasteiger charge is -2.33. The quantitative estimate of drug-likeness (QED) is 0.721. The summed E-state index contributed by atoms with van der Waals surface area (Å²) >= 11 is 0. The summed E-state index contributed by atoms with van der Waals surface area (Å²) in [5, 5.41) is 6.24. The van der Waals surface area contributed by atoms with Crippen molar-refractivity contribution in [2.75, 3.05) is 13.2 Å². The van der Waals surface area contributed by atoms with E-state index in [1.807, 2.05) is 19.1 Å². The smallest absolute Gasteiger partial charge is 0.255 e. The van der Waals surface area contributed by atoms with Crippen LogP contribution in [0.15, 0.2) is 24.3 Å². The second kappa shape index (κ2) is 7.26. The zero-order valence-electron chi connectivity index (χ0n) is 12.9. The van der Waals surface area contributed by atoms with E-state index < -0.39 is 11.4 Å². The van der Waals surface area contributed by atoms with E-state index in [9.17, 15) is 9.59 Å². The van der Waals surface area contributed by atoms with Gasteiger partial charge in [-0.15, -0.1) is 0 Å². The largest absolute Gasteiger partial charge is 0.484 e. The highest BCUT2D eigenvalue weighted by Gasteiger charge is 2.33. The molecule has 22 heavy (non-hydrogen) atoms. The Balaban J connectivity index is 1.89. The predicted octanol–water partition coefficient (Wildman–Crippen LogP) is 0.699. The van der Waals surface area contributed by atoms with Gasteiger partial charge in [0.2, 0.25) is 5.91 Å². The zero-order chi connectivity index (χ0) is 16.0. The number of carbonyl (C=O) groups is 2. The van der Waals surface area contributed by atoms with Crippen LogP contribution >= 0.6 is 0 Å². The van der Waals surface area contributed by atoms with Crippen molar-refractivity contribution in [3.63, 3.8) is 0 Å². The molecule has 120 valence electrons. The summed E-state index contributed by atoms with van der Waals surface area (Å²) in [4.78, 5) is 23.0. The number of primary amides is 1. The van der Waals surface area contributed by atoms with Gasteiger partial charge in [-0.25, -0.2) is 0 Å². The zero-order valence-corrected chi connectivity index (χ0v) is 12.9. The number of hydrogen-bond acceptors (Lipinski definition) is 4. The fourth-order valence-corrected chi connectivity index (χ4v) is 2.53. The van der Waals surface area contributed by atoms with Crippen molar-refractivity contribution in [3.05, 3.63) is 29.8 Å². The van der Waals surface area contributed by atoms with Crippen LogP contribution in [-0.2, 0) is 16.1 Å². The molecule has 1 aromatic rings.